The monoisotopic (exact) mass is 276 g/mol. The molecule has 0 bridgehead atoms. The molecule has 1 rings (SSSR count). The van der Waals surface area contributed by atoms with Crippen molar-refractivity contribution >= 4 is 8.80 Å². The molecule has 3 N–H and O–H groups in total. The van der Waals surface area contributed by atoms with Crippen molar-refractivity contribution in [3.63, 3.8) is 0 Å². The van der Waals surface area contributed by atoms with Crippen LogP contribution < -0.4 is 0 Å². The van der Waals surface area contributed by atoms with Crippen molar-refractivity contribution in [1.82, 2.24) is 0 Å². The van der Waals surface area contributed by atoms with Crippen LogP contribution in [0.15, 0.2) is 18.2 Å². The second-order valence-electron chi connectivity index (χ2n) is 4.42. The summed E-state index contributed by atoms with van der Waals surface area (Å²) >= 11 is 0. The molecule has 0 aliphatic carbocycles. The van der Waals surface area contributed by atoms with Crippen LogP contribution >= 0.6 is 0 Å². The summed E-state index contributed by atoms with van der Waals surface area (Å²) in [5, 5.41) is 0. The zero-order chi connectivity index (χ0) is 13.6. The Bertz CT molecular complexity index is 380. The first kappa shape index (κ1) is 15.2. The first-order valence-electron chi connectivity index (χ1n) is 5.99. The number of unbranched alkanes of at least 4 members (excludes halogenated alkanes) is 3. The molecule has 0 aliphatic rings. The number of hydrogen-bond donors (Lipinski definition) is 3. The average Bonchev–Trinajstić information content (AvgIpc) is 2.24. The zero-order valence-electron chi connectivity index (χ0n) is 10.1. The molecule has 0 radical (unpaired) electrons. The normalized spacial score (nSPS) is 11.8. The number of aryl methyl sites for hydroxylation is 1. The van der Waals surface area contributed by atoms with Crippen LogP contribution in [0.3, 0.4) is 0 Å². The van der Waals surface area contributed by atoms with E-state index in [9.17, 15) is 8.78 Å². The van der Waals surface area contributed by atoms with Crippen LogP contribution in [-0.4, -0.2) is 23.2 Å². The molecule has 3 nitrogen and oxygen atoms in total. The molecular weight excluding hydrogens is 258 g/mol. The van der Waals surface area contributed by atoms with Gasteiger partial charge in [0.2, 0.25) is 0 Å². The zero-order valence-corrected chi connectivity index (χ0v) is 11.1. The van der Waals surface area contributed by atoms with Gasteiger partial charge in [-0.2, -0.15) is 0 Å². The molecule has 0 aromatic heterocycles. The highest BCUT2D eigenvalue weighted by Crippen LogP contribution is 2.14. The van der Waals surface area contributed by atoms with Crippen LogP contribution in [0.25, 0.3) is 0 Å². The van der Waals surface area contributed by atoms with Crippen molar-refractivity contribution in [3.8, 4) is 0 Å². The van der Waals surface area contributed by atoms with Gasteiger partial charge in [0.05, 0.1) is 0 Å². The molecule has 0 spiro atoms. The highest BCUT2D eigenvalue weighted by Gasteiger charge is 2.25. The molecule has 1 aromatic rings. The van der Waals surface area contributed by atoms with Crippen molar-refractivity contribution < 1.29 is 23.2 Å². The number of rotatable bonds is 7. The standard InChI is InChI=1S/C12H18F2O3Si/c13-11-7-6-10(12(14)9-11)5-3-1-2-4-8-18(15,16)17/h6-7,9,15-17H,1-5,8H2. The van der Waals surface area contributed by atoms with E-state index in [2.05, 4.69) is 0 Å². The van der Waals surface area contributed by atoms with E-state index in [1.807, 2.05) is 0 Å². The first-order chi connectivity index (χ1) is 8.38. The van der Waals surface area contributed by atoms with E-state index in [0.717, 1.165) is 25.3 Å². The summed E-state index contributed by atoms with van der Waals surface area (Å²) in [6, 6.07) is 3.59. The highest BCUT2D eigenvalue weighted by molar-refractivity contribution is 6.56. The lowest BCUT2D eigenvalue weighted by Gasteiger charge is -2.08. The van der Waals surface area contributed by atoms with E-state index in [1.165, 1.54) is 12.1 Å². The topological polar surface area (TPSA) is 60.7 Å². The Morgan fingerprint density at radius 2 is 1.61 bits per heavy atom. The van der Waals surface area contributed by atoms with Crippen molar-refractivity contribution in [2.75, 3.05) is 0 Å². The maximum Gasteiger partial charge on any atom is 0.492 e. The van der Waals surface area contributed by atoms with Crippen LogP contribution in [0.1, 0.15) is 31.2 Å². The predicted octanol–water partition coefficient (Wildman–Crippen LogP) is 1.98. The molecule has 1 aromatic carbocycles. The Morgan fingerprint density at radius 3 is 2.22 bits per heavy atom. The van der Waals surface area contributed by atoms with Gasteiger partial charge in [-0.3, -0.25) is 0 Å². The summed E-state index contributed by atoms with van der Waals surface area (Å²) in [5.74, 6) is -1.10. The molecule has 18 heavy (non-hydrogen) atoms. The maximum atomic E-state index is 13.2. The fourth-order valence-electron chi connectivity index (χ4n) is 1.76. The quantitative estimate of drug-likeness (QED) is 0.527. The van der Waals surface area contributed by atoms with Crippen LogP contribution in [-0.2, 0) is 6.42 Å². The number of benzene rings is 1. The van der Waals surface area contributed by atoms with Crippen molar-refractivity contribution in [3.05, 3.63) is 35.4 Å². The third-order valence-electron chi connectivity index (χ3n) is 2.72. The second-order valence-corrected chi connectivity index (χ2v) is 6.47. The van der Waals surface area contributed by atoms with Gasteiger partial charge in [0.1, 0.15) is 11.6 Å². The van der Waals surface area contributed by atoms with Gasteiger partial charge in [0.15, 0.2) is 0 Å². The Hall–Kier alpha value is -0.823. The summed E-state index contributed by atoms with van der Waals surface area (Å²) < 4.78 is 25.9. The maximum absolute atomic E-state index is 13.2. The Morgan fingerprint density at radius 1 is 0.944 bits per heavy atom. The van der Waals surface area contributed by atoms with Crippen molar-refractivity contribution in [2.24, 2.45) is 0 Å². The van der Waals surface area contributed by atoms with Gasteiger partial charge in [0.25, 0.3) is 0 Å². The molecule has 0 heterocycles. The summed E-state index contributed by atoms with van der Waals surface area (Å²) in [4.78, 5) is 26.3. The van der Waals surface area contributed by atoms with E-state index in [-0.39, 0.29) is 6.04 Å². The lowest BCUT2D eigenvalue weighted by molar-refractivity contribution is 0.226. The second kappa shape index (κ2) is 6.94. The van der Waals surface area contributed by atoms with E-state index in [0.29, 0.717) is 18.4 Å². The minimum absolute atomic E-state index is 0.0396. The lowest BCUT2D eigenvalue weighted by atomic mass is 10.1. The third kappa shape index (κ3) is 6.20. The smallest absolute Gasteiger partial charge is 0.390 e. The van der Waals surface area contributed by atoms with Gasteiger partial charge >= 0.3 is 8.80 Å². The SMILES string of the molecule is O[Si](O)(O)CCCCCCc1ccc(F)cc1F. The van der Waals surface area contributed by atoms with Crippen LogP contribution in [0, 0.1) is 11.6 Å². The Kier molecular flexibility index (Phi) is 5.87. The molecule has 0 saturated heterocycles. The molecule has 0 aliphatic heterocycles. The first-order valence-corrected chi connectivity index (χ1v) is 8.04. The minimum Gasteiger partial charge on any atom is -0.390 e. The summed E-state index contributed by atoms with van der Waals surface area (Å²) in [6.07, 6.45) is 3.38. The van der Waals surface area contributed by atoms with Gasteiger partial charge in [-0.25, -0.2) is 8.78 Å². The molecule has 0 saturated carbocycles. The lowest BCUT2D eigenvalue weighted by Crippen LogP contribution is -2.33. The fourth-order valence-corrected chi connectivity index (χ4v) is 2.48. The molecule has 6 heteroatoms. The molecule has 0 amide bonds. The van der Waals surface area contributed by atoms with Gasteiger partial charge in [-0.1, -0.05) is 18.9 Å². The van der Waals surface area contributed by atoms with E-state index in [1.54, 1.807) is 0 Å². The summed E-state index contributed by atoms with van der Waals surface area (Å²) in [5.41, 5.74) is 0.492. The predicted molar refractivity (Wildman–Crippen MR) is 65.7 cm³/mol. The van der Waals surface area contributed by atoms with Crippen LogP contribution in [0.5, 0.6) is 0 Å². The minimum atomic E-state index is -3.90. The van der Waals surface area contributed by atoms with Gasteiger partial charge < -0.3 is 14.4 Å². The fraction of sp³-hybridized carbons (Fsp3) is 0.500. The highest BCUT2D eigenvalue weighted by atomic mass is 28.4. The van der Waals surface area contributed by atoms with E-state index >= 15 is 0 Å². The molecule has 0 atom stereocenters. The largest absolute Gasteiger partial charge is 0.492 e. The van der Waals surface area contributed by atoms with Crippen LogP contribution in [0.4, 0.5) is 8.78 Å². The number of hydrogen-bond acceptors (Lipinski definition) is 3. The summed E-state index contributed by atoms with van der Waals surface area (Å²) in [6.45, 7) is 0. The van der Waals surface area contributed by atoms with Gasteiger partial charge in [-0.05, 0) is 30.9 Å². The molecule has 102 valence electrons. The number of halogens is 2. The van der Waals surface area contributed by atoms with Gasteiger partial charge in [0, 0.05) is 12.1 Å². The van der Waals surface area contributed by atoms with E-state index in [4.69, 9.17) is 14.4 Å². The molecular formula is C12H18F2O3Si. The van der Waals surface area contributed by atoms with E-state index < -0.39 is 20.4 Å². The Labute approximate surface area is 106 Å². The molecule has 0 fully saturated rings. The Balaban J connectivity index is 2.18. The average molecular weight is 276 g/mol. The van der Waals surface area contributed by atoms with Crippen molar-refractivity contribution in [1.29, 1.82) is 0 Å². The van der Waals surface area contributed by atoms with Crippen molar-refractivity contribution in [2.45, 2.75) is 38.1 Å². The van der Waals surface area contributed by atoms with Gasteiger partial charge in [-0.15, -0.1) is 0 Å². The molecule has 0 unspecified atom stereocenters. The van der Waals surface area contributed by atoms with Crippen LogP contribution in [0.2, 0.25) is 6.04 Å². The summed E-state index contributed by atoms with van der Waals surface area (Å²) in [7, 11) is -3.90. The third-order valence-corrected chi connectivity index (χ3v) is 3.75.